The molecule has 0 saturated carbocycles. The van der Waals surface area contributed by atoms with Gasteiger partial charge in [-0.15, -0.1) is 0 Å². The van der Waals surface area contributed by atoms with Crippen LogP contribution >= 0.6 is 0 Å². The maximum absolute atomic E-state index is 11.5. The van der Waals surface area contributed by atoms with Crippen molar-refractivity contribution in [2.24, 2.45) is 0 Å². The van der Waals surface area contributed by atoms with Crippen LogP contribution in [0.1, 0.15) is 6.92 Å². The van der Waals surface area contributed by atoms with Gasteiger partial charge in [-0.05, 0) is 6.92 Å². The summed E-state index contributed by atoms with van der Waals surface area (Å²) in [6, 6.07) is 0. The number of rotatable bonds is 3. The topological polar surface area (TPSA) is 80.7 Å². The van der Waals surface area contributed by atoms with Gasteiger partial charge in [-0.3, -0.25) is 0 Å². The van der Waals surface area contributed by atoms with Crippen molar-refractivity contribution in [3.63, 3.8) is 0 Å². The van der Waals surface area contributed by atoms with Crippen LogP contribution in [0.15, 0.2) is 0 Å². The standard InChI is InChI=1S/C3H5FO5S/c1-2(3(5)6)9-10(4,7)8/h2H,1H3,(H,5,6). The molecular formula is C3H5FO5S. The lowest BCUT2D eigenvalue weighted by Gasteiger charge is -2.00. The van der Waals surface area contributed by atoms with Crippen LogP contribution in [0, 0.1) is 0 Å². The number of carboxylic acids is 1. The van der Waals surface area contributed by atoms with E-state index in [1.807, 2.05) is 0 Å². The molecule has 0 aromatic carbocycles. The third-order valence-corrected chi connectivity index (χ3v) is 1.13. The highest BCUT2D eigenvalue weighted by Crippen LogP contribution is 1.99. The zero-order valence-electron chi connectivity index (χ0n) is 4.94. The maximum atomic E-state index is 11.5. The molecule has 10 heavy (non-hydrogen) atoms. The van der Waals surface area contributed by atoms with E-state index in [4.69, 9.17) is 5.11 Å². The molecule has 5 nitrogen and oxygen atoms in total. The first-order chi connectivity index (χ1) is 4.33. The second kappa shape index (κ2) is 2.93. The zero-order valence-corrected chi connectivity index (χ0v) is 5.76. The second-order valence-electron chi connectivity index (χ2n) is 1.47. The Morgan fingerprint density at radius 3 is 2.20 bits per heavy atom. The van der Waals surface area contributed by atoms with Gasteiger partial charge >= 0.3 is 16.5 Å². The van der Waals surface area contributed by atoms with Crippen molar-refractivity contribution in [2.45, 2.75) is 13.0 Å². The van der Waals surface area contributed by atoms with Crippen molar-refractivity contribution in [3.8, 4) is 0 Å². The summed E-state index contributed by atoms with van der Waals surface area (Å²) < 4.78 is 34.1. The molecule has 0 aliphatic rings. The highest BCUT2D eigenvalue weighted by molar-refractivity contribution is 7.81. The first-order valence-corrected chi connectivity index (χ1v) is 3.49. The van der Waals surface area contributed by atoms with Gasteiger partial charge in [0.25, 0.3) is 0 Å². The summed E-state index contributed by atoms with van der Waals surface area (Å²) in [5, 5.41) is 7.99. The van der Waals surface area contributed by atoms with Gasteiger partial charge in [0, 0.05) is 0 Å². The SMILES string of the molecule is CC(OS(=O)(=O)F)C(=O)O. The van der Waals surface area contributed by atoms with E-state index in [0.29, 0.717) is 0 Å². The van der Waals surface area contributed by atoms with Gasteiger partial charge in [-0.2, -0.15) is 8.42 Å². The average Bonchev–Trinajstić information content (AvgIpc) is 1.60. The second-order valence-corrected chi connectivity index (χ2v) is 2.45. The van der Waals surface area contributed by atoms with Crippen molar-refractivity contribution in [2.75, 3.05) is 0 Å². The summed E-state index contributed by atoms with van der Waals surface area (Å²) in [6.45, 7) is 0.902. The van der Waals surface area contributed by atoms with Gasteiger partial charge in [0.2, 0.25) is 0 Å². The van der Waals surface area contributed by atoms with Crippen LogP contribution in [0.2, 0.25) is 0 Å². The van der Waals surface area contributed by atoms with Gasteiger partial charge in [0.15, 0.2) is 6.10 Å². The Hall–Kier alpha value is -0.690. The Labute approximate surface area is 56.8 Å². The summed E-state index contributed by atoms with van der Waals surface area (Å²) in [6.07, 6.45) is -1.69. The van der Waals surface area contributed by atoms with Crippen LogP contribution < -0.4 is 0 Å². The third kappa shape index (κ3) is 4.21. The van der Waals surface area contributed by atoms with Gasteiger partial charge < -0.3 is 5.11 Å². The molecule has 7 heteroatoms. The molecule has 1 unspecified atom stereocenters. The van der Waals surface area contributed by atoms with Crippen LogP contribution in [-0.4, -0.2) is 25.6 Å². The Morgan fingerprint density at radius 2 is 2.10 bits per heavy atom. The molecule has 1 atom stereocenters. The van der Waals surface area contributed by atoms with Crippen LogP contribution in [0.3, 0.4) is 0 Å². The quantitative estimate of drug-likeness (QED) is 0.590. The molecule has 0 amide bonds. The fourth-order valence-electron chi connectivity index (χ4n) is 0.214. The lowest BCUT2D eigenvalue weighted by molar-refractivity contribution is -0.144. The molecule has 0 heterocycles. The minimum Gasteiger partial charge on any atom is -0.479 e. The molecule has 0 aliphatic heterocycles. The number of hydrogen-bond donors (Lipinski definition) is 1. The predicted molar refractivity (Wildman–Crippen MR) is 28.2 cm³/mol. The number of carboxylic acid groups (broad SMARTS) is 1. The lowest BCUT2D eigenvalue weighted by atomic mass is 10.4. The average molecular weight is 172 g/mol. The fourth-order valence-corrected chi connectivity index (χ4v) is 0.641. The van der Waals surface area contributed by atoms with Crippen molar-refractivity contribution < 1.29 is 26.4 Å². The summed E-state index contributed by atoms with van der Waals surface area (Å²) in [4.78, 5) is 9.82. The zero-order chi connectivity index (χ0) is 8.36. The molecule has 0 spiro atoms. The summed E-state index contributed by atoms with van der Waals surface area (Å²) in [5.41, 5.74) is 0. The first-order valence-electron chi connectivity index (χ1n) is 2.18. The molecule has 0 fully saturated rings. The van der Waals surface area contributed by atoms with E-state index < -0.39 is 22.6 Å². The van der Waals surface area contributed by atoms with Crippen molar-refractivity contribution >= 4 is 16.5 Å². The van der Waals surface area contributed by atoms with E-state index in [-0.39, 0.29) is 0 Å². The number of hydrogen-bond acceptors (Lipinski definition) is 4. The van der Waals surface area contributed by atoms with Gasteiger partial charge in [-0.25, -0.2) is 8.98 Å². The maximum Gasteiger partial charge on any atom is 0.438 e. The van der Waals surface area contributed by atoms with E-state index in [0.717, 1.165) is 6.92 Å². The fraction of sp³-hybridized carbons (Fsp3) is 0.667. The highest BCUT2D eigenvalue weighted by Gasteiger charge is 2.19. The van der Waals surface area contributed by atoms with E-state index in [1.165, 1.54) is 0 Å². The number of aliphatic carboxylic acids is 1. The van der Waals surface area contributed by atoms with Gasteiger partial charge in [-0.1, -0.05) is 3.89 Å². The Kier molecular flexibility index (Phi) is 2.73. The number of carbonyl (C=O) groups is 1. The van der Waals surface area contributed by atoms with E-state index in [9.17, 15) is 17.1 Å². The Balaban J connectivity index is 4.06. The minimum absolute atomic E-state index is 0.902. The first kappa shape index (κ1) is 9.31. The van der Waals surface area contributed by atoms with Crippen LogP contribution in [-0.2, 0) is 19.5 Å². The molecular weight excluding hydrogens is 167 g/mol. The van der Waals surface area contributed by atoms with E-state index in [1.54, 1.807) is 0 Å². The molecule has 0 aromatic heterocycles. The predicted octanol–water partition coefficient (Wildman–Crippen LogP) is -0.310. The van der Waals surface area contributed by atoms with Crippen LogP contribution in [0.4, 0.5) is 3.89 Å². The monoisotopic (exact) mass is 172 g/mol. The Morgan fingerprint density at radius 1 is 1.70 bits per heavy atom. The summed E-state index contributed by atoms with van der Waals surface area (Å²) in [5.74, 6) is -1.54. The summed E-state index contributed by atoms with van der Waals surface area (Å²) in [7, 11) is -5.15. The molecule has 0 radical (unpaired) electrons. The molecule has 0 aromatic rings. The van der Waals surface area contributed by atoms with E-state index >= 15 is 0 Å². The Bertz CT molecular complexity index is 219. The summed E-state index contributed by atoms with van der Waals surface area (Å²) >= 11 is 0. The molecule has 0 saturated heterocycles. The normalized spacial score (nSPS) is 14.6. The van der Waals surface area contributed by atoms with Crippen molar-refractivity contribution in [3.05, 3.63) is 0 Å². The molecule has 0 bridgehead atoms. The highest BCUT2D eigenvalue weighted by atomic mass is 32.3. The minimum atomic E-state index is -5.15. The third-order valence-electron chi connectivity index (χ3n) is 0.607. The van der Waals surface area contributed by atoms with Crippen LogP contribution in [0.25, 0.3) is 0 Å². The van der Waals surface area contributed by atoms with Crippen LogP contribution in [0.5, 0.6) is 0 Å². The van der Waals surface area contributed by atoms with E-state index in [2.05, 4.69) is 4.18 Å². The van der Waals surface area contributed by atoms with Gasteiger partial charge in [0.1, 0.15) is 0 Å². The molecule has 0 rings (SSSR count). The van der Waals surface area contributed by atoms with Crippen molar-refractivity contribution in [1.82, 2.24) is 0 Å². The molecule has 0 aliphatic carbocycles. The largest absolute Gasteiger partial charge is 0.479 e. The molecule has 1 N–H and O–H groups in total. The smallest absolute Gasteiger partial charge is 0.438 e. The molecule has 60 valence electrons. The van der Waals surface area contributed by atoms with Crippen molar-refractivity contribution in [1.29, 1.82) is 0 Å². The van der Waals surface area contributed by atoms with Gasteiger partial charge in [0.05, 0.1) is 0 Å². The lowest BCUT2D eigenvalue weighted by Crippen LogP contribution is -2.21. The number of halogens is 1.